The molecular weight excluding hydrogens is 286 g/mol. The van der Waals surface area contributed by atoms with Gasteiger partial charge in [0.2, 0.25) is 0 Å². The van der Waals surface area contributed by atoms with E-state index in [0.29, 0.717) is 5.00 Å². The van der Waals surface area contributed by atoms with Crippen LogP contribution in [0.15, 0.2) is 4.90 Å². The maximum Gasteiger partial charge on any atom is 0.263 e. The van der Waals surface area contributed by atoms with Crippen LogP contribution in [0.1, 0.15) is 22.5 Å². The zero-order valence-corrected chi connectivity index (χ0v) is 12.5. The summed E-state index contributed by atoms with van der Waals surface area (Å²) in [5.41, 5.74) is 5.94. The molecule has 6 nitrogen and oxygen atoms in total. The summed E-state index contributed by atoms with van der Waals surface area (Å²) >= 11 is 1.15. The molecule has 0 atom stereocenters. The van der Waals surface area contributed by atoms with Gasteiger partial charge in [0.1, 0.15) is 14.8 Å². The van der Waals surface area contributed by atoms with Gasteiger partial charge in [-0.05, 0) is 12.8 Å². The van der Waals surface area contributed by atoms with Gasteiger partial charge in [0, 0.05) is 26.4 Å². The van der Waals surface area contributed by atoms with E-state index in [1.54, 1.807) is 0 Å². The summed E-state index contributed by atoms with van der Waals surface area (Å²) in [6, 6.07) is 0. The number of nitrogens with zero attached hydrogens (tertiary/aromatic N) is 1. The highest BCUT2D eigenvalue weighted by Crippen LogP contribution is 2.42. The van der Waals surface area contributed by atoms with Gasteiger partial charge in [0.15, 0.2) is 9.84 Å². The molecule has 106 valence electrons. The Labute approximate surface area is 116 Å². The fraction of sp³-hybridized carbons (Fsp3) is 0.545. The predicted octanol–water partition coefficient (Wildman–Crippen LogP) is 0.694. The number of nitrogens with one attached hydrogen (secondary N) is 1. The van der Waals surface area contributed by atoms with Crippen LogP contribution in [0.4, 0.5) is 10.7 Å². The summed E-state index contributed by atoms with van der Waals surface area (Å²) < 4.78 is 23.8. The molecule has 2 heterocycles. The third-order valence-electron chi connectivity index (χ3n) is 3.08. The lowest BCUT2D eigenvalue weighted by atomic mass is 10.3. The van der Waals surface area contributed by atoms with Crippen molar-refractivity contribution >= 4 is 37.8 Å². The van der Waals surface area contributed by atoms with Crippen LogP contribution in [0.25, 0.3) is 0 Å². The van der Waals surface area contributed by atoms with E-state index in [0.717, 1.165) is 43.5 Å². The minimum Gasteiger partial charge on any atom is -0.396 e. The highest BCUT2D eigenvalue weighted by molar-refractivity contribution is 7.91. The Kier molecular flexibility index (Phi) is 3.73. The smallest absolute Gasteiger partial charge is 0.263 e. The Morgan fingerprint density at radius 1 is 1.37 bits per heavy atom. The second kappa shape index (κ2) is 5.01. The molecule has 0 radical (unpaired) electrons. The van der Waals surface area contributed by atoms with E-state index in [4.69, 9.17) is 5.73 Å². The molecule has 1 amide bonds. The van der Waals surface area contributed by atoms with Gasteiger partial charge in [-0.1, -0.05) is 0 Å². The van der Waals surface area contributed by atoms with Gasteiger partial charge >= 0.3 is 0 Å². The quantitative estimate of drug-likeness (QED) is 0.857. The van der Waals surface area contributed by atoms with Crippen molar-refractivity contribution in [2.75, 3.05) is 37.0 Å². The van der Waals surface area contributed by atoms with Crippen molar-refractivity contribution in [3.8, 4) is 0 Å². The number of nitrogens with two attached hydrogens (primary N) is 1. The molecule has 1 aliphatic rings. The van der Waals surface area contributed by atoms with Gasteiger partial charge in [-0.15, -0.1) is 11.3 Å². The Balaban J connectivity index is 2.61. The van der Waals surface area contributed by atoms with Crippen molar-refractivity contribution in [1.29, 1.82) is 0 Å². The van der Waals surface area contributed by atoms with Gasteiger partial charge in [-0.25, -0.2) is 8.42 Å². The van der Waals surface area contributed by atoms with E-state index in [1.165, 1.54) is 7.05 Å². The van der Waals surface area contributed by atoms with Gasteiger partial charge in [-0.3, -0.25) is 4.79 Å². The number of amides is 1. The number of hydrogen-bond acceptors (Lipinski definition) is 6. The van der Waals surface area contributed by atoms with E-state index in [1.807, 2.05) is 4.90 Å². The zero-order chi connectivity index (χ0) is 14.2. The molecule has 0 saturated carbocycles. The van der Waals surface area contributed by atoms with Gasteiger partial charge in [0.05, 0.1) is 5.69 Å². The number of anilines is 2. The number of nitrogen functional groups attached to an aromatic ring is 1. The minimum atomic E-state index is -3.46. The zero-order valence-electron chi connectivity index (χ0n) is 10.9. The molecule has 2 rings (SSSR count). The average molecular weight is 303 g/mol. The lowest BCUT2D eigenvalue weighted by molar-refractivity contribution is 0.0968. The highest BCUT2D eigenvalue weighted by atomic mass is 32.2. The molecule has 19 heavy (non-hydrogen) atoms. The summed E-state index contributed by atoms with van der Waals surface area (Å²) in [5, 5.41) is 3.08. The van der Waals surface area contributed by atoms with Crippen LogP contribution in [-0.4, -0.2) is 40.7 Å². The second-order valence-electron chi connectivity index (χ2n) is 4.52. The van der Waals surface area contributed by atoms with Crippen LogP contribution in [0.3, 0.4) is 0 Å². The fourth-order valence-corrected chi connectivity index (χ4v) is 4.89. The number of rotatable bonds is 3. The van der Waals surface area contributed by atoms with Crippen molar-refractivity contribution in [3.05, 3.63) is 4.88 Å². The van der Waals surface area contributed by atoms with E-state index in [-0.39, 0.29) is 21.4 Å². The fourth-order valence-electron chi connectivity index (χ4n) is 2.19. The predicted molar refractivity (Wildman–Crippen MR) is 76.7 cm³/mol. The van der Waals surface area contributed by atoms with Gasteiger partial charge in [-0.2, -0.15) is 0 Å². The van der Waals surface area contributed by atoms with Crippen molar-refractivity contribution in [2.24, 2.45) is 0 Å². The molecule has 1 aliphatic heterocycles. The van der Waals surface area contributed by atoms with Gasteiger partial charge in [0.25, 0.3) is 5.91 Å². The number of carbonyl (C=O) groups excluding carboxylic acids is 1. The van der Waals surface area contributed by atoms with Crippen molar-refractivity contribution < 1.29 is 13.2 Å². The van der Waals surface area contributed by atoms with Crippen LogP contribution in [-0.2, 0) is 9.84 Å². The van der Waals surface area contributed by atoms with Crippen LogP contribution in [0.2, 0.25) is 0 Å². The molecule has 3 N–H and O–H groups in total. The molecule has 0 unspecified atom stereocenters. The van der Waals surface area contributed by atoms with E-state index >= 15 is 0 Å². The first-order chi connectivity index (χ1) is 8.86. The monoisotopic (exact) mass is 303 g/mol. The van der Waals surface area contributed by atoms with Crippen molar-refractivity contribution in [3.63, 3.8) is 0 Å². The molecule has 0 bridgehead atoms. The Bertz CT molecular complexity index is 601. The summed E-state index contributed by atoms with van der Waals surface area (Å²) in [6.45, 7) is 1.60. The van der Waals surface area contributed by atoms with Crippen LogP contribution < -0.4 is 16.0 Å². The third-order valence-corrected chi connectivity index (χ3v) is 5.63. The molecular formula is C11H17N3O3S2. The molecule has 1 fully saturated rings. The average Bonchev–Trinajstić information content (AvgIpc) is 2.93. The number of hydrogen-bond donors (Lipinski definition) is 2. The van der Waals surface area contributed by atoms with Crippen molar-refractivity contribution in [1.82, 2.24) is 5.32 Å². The van der Waals surface area contributed by atoms with Gasteiger partial charge < -0.3 is 16.0 Å². The lowest BCUT2D eigenvalue weighted by Crippen LogP contribution is -2.19. The Morgan fingerprint density at radius 3 is 2.42 bits per heavy atom. The largest absolute Gasteiger partial charge is 0.396 e. The summed E-state index contributed by atoms with van der Waals surface area (Å²) in [4.78, 5) is 14.1. The van der Waals surface area contributed by atoms with Crippen LogP contribution >= 0.6 is 11.3 Å². The standard InChI is InChI=1S/C11H17N3O3S2/c1-13-10(15)8-7(12)9(19(2,16)17)11(18-8)14-5-3-4-6-14/h3-6,12H2,1-2H3,(H,13,15). The van der Waals surface area contributed by atoms with Crippen LogP contribution in [0.5, 0.6) is 0 Å². The molecule has 0 aromatic carbocycles. The number of carbonyl (C=O) groups is 1. The summed E-state index contributed by atoms with van der Waals surface area (Å²) in [7, 11) is -1.96. The normalized spacial score (nSPS) is 15.8. The highest BCUT2D eigenvalue weighted by Gasteiger charge is 2.30. The first-order valence-electron chi connectivity index (χ1n) is 5.95. The number of thiophene rings is 1. The van der Waals surface area contributed by atoms with E-state index in [9.17, 15) is 13.2 Å². The maximum atomic E-state index is 11.9. The molecule has 8 heteroatoms. The second-order valence-corrected chi connectivity index (χ2v) is 7.48. The van der Waals surface area contributed by atoms with E-state index < -0.39 is 9.84 Å². The first-order valence-corrected chi connectivity index (χ1v) is 8.66. The lowest BCUT2D eigenvalue weighted by Gasteiger charge is -2.16. The summed E-state index contributed by atoms with van der Waals surface area (Å²) in [6.07, 6.45) is 3.17. The van der Waals surface area contributed by atoms with Crippen LogP contribution in [0, 0.1) is 0 Å². The third kappa shape index (κ3) is 2.55. The minimum absolute atomic E-state index is 0.0637. The Hall–Kier alpha value is -1.28. The first kappa shape index (κ1) is 14.1. The summed E-state index contributed by atoms with van der Waals surface area (Å²) in [5.74, 6) is -0.349. The number of sulfone groups is 1. The van der Waals surface area contributed by atoms with E-state index in [2.05, 4.69) is 5.32 Å². The molecule has 0 spiro atoms. The molecule has 1 aromatic rings. The Morgan fingerprint density at radius 2 is 1.95 bits per heavy atom. The topological polar surface area (TPSA) is 92.5 Å². The molecule has 1 saturated heterocycles. The maximum absolute atomic E-state index is 11.9. The van der Waals surface area contributed by atoms with Crippen molar-refractivity contribution in [2.45, 2.75) is 17.7 Å². The SMILES string of the molecule is CNC(=O)c1sc(N2CCCC2)c(S(C)(=O)=O)c1N. The molecule has 1 aromatic heterocycles. The molecule has 0 aliphatic carbocycles.